The summed E-state index contributed by atoms with van der Waals surface area (Å²) in [5.41, 5.74) is 11.2. The second-order valence-corrected chi connectivity index (χ2v) is 16.6. The van der Waals surface area contributed by atoms with Crippen LogP contribution in [0.5, 0.6) is 0 Å². The molecule has 18 heteroatoms. The number of hydrogen-bond donors (Lipinski definition) is 8. The van der Waals surface area contributed by atoms with E-state index in [1.807, 2.05) is 6.20 Å². The monoisotopic (exact) mass is 785 g/mol. The van der Waals surface area contributed by atoms with Crippen molar-refractivity contribution < 1.29 is 28.8 Å². The normalized spacial score (nSPS) is 23.4. The number of aromatic nitrogens is 3. The van der Waals surface area contributed by atoms with Crippen molar-refractivity contribution in [3.63, 3.8) is 0 Å². The number of nitrogens with two attached hydrogens (primary N) is 2. The molecule has 4 rings (SSSR count). The van der Waals surface area contributed by atoms with Gasteiger partial charge in [-0.2, -0.15) is 0 Å². The van der Waals surface area contributed by atoms with Gasteiger partial charge in [0.2, 0.25) is 35.4 Å². The van der Waals surface area contributed by atoms with E-state index in [4.69, 9.17) is 16.9 Å². The molecule has 1 aliphatic carbocycles. The summed E-state index contributed by atoms with van der Waals surface area (Å²) in [5.74, 6) is -3.32. The molecule has 1 saturated heterocycles. The maximum absolute atomic E-state index is 14.3. The van der Waals surface area contributed by atoms with Gasteiger partial charge in [0.15, 0.2) is 5.96 Å². The molecule has 0 spiro atoms. The van der Waals surface area contributed by atoms with E-state index in [-0.39, 0.29) is 43.1 Å². The van der Waals surface area contributed by atoms with Gasteiger partial charge in [0.1, 0.15) is 30.2 Å². The molecule has 0 radical (unpaired) electrons. The van der Waals surface area contributed by atoms with Crippen molar-refractivity contribution in [3.05, 3.63) is 11.9 Å². The molecular weight excluding hydrogens is 720 g/mol. The Labute approximate surface area is 329 Å². The fraction of sp³-hybridized carbons (Fsp3) is 0.763. The second kappa shape index (κ2) is 20.9. The number of aryl methyl sites for hydroxylation is 2. The highest BCUT2D eigenvalue weighted by Gasteiger charge is 2.39. The van der Waals surface area contributed by atoms with Crippen LogP contribution >= 0.6 is 0 Å². The first-order chi connectivity index (χ1) is 26.6. The predicted molar refractivity (Wildman–Crippen MR) is 208 cm³/mol. The molecule has 6 amide bonds. The Kier molecular flexibility index (Phi) is 16.4. The molecule has 3 aliphatic rings. The number of amides is 6. The lowest BCUT2D eigenvalue weighted by Crippen LogP contribution is -2.61. The lowest BCUT2D eigenvalue weighted by Gasteiger charge is -2.33. The quantitative estimate of drug-likeness (QED) is 0.0924. The smallest absolute Gasteiger partial charge is 0.243 e. The first-order valence-electron chi connectivity index (χ1n) is 20.4. The summed E-state index contributed by atoms with van der Waals surface area (Å²) in [6.45, 7) is 6.42. The number of carbonyl (C=O) groups excluding carboxylic acids is 6. The molecule has 1 aromatic rings. The van der Waals surface area contributed by atoms with Crippen LogP contribution in [-0.4, -0.2) is 105 Å². The third-order valence-electron chi connectivity index (χ3n) is 11.1. The summed E-state index contributed by atoms with van der Waals surface area (Å²) in [7, 11) is 0. The summed E-state index contributed by atoms with van der Waals surface area (Å²) >= 11 is 0. The minimum Gasteiger partial charge on any atom is -0.370 e. The van der Waals surface area contributed by atoms with Crippen molar-refractivity contribution in [1.29, 1.82) is 5.41 Å². The van der Waals surface area contributed by atoms with Gasteiger partial charge in [-0.05, 0) is 82.0 Å². The topological polar surface area (TPSA) is 272 Å². The molecule has 1 aromatic heterocycles. The average molecular weight is 785 g/mol. The van der Waals surface area contributed by atoms with E-state index >= 15 is 0 Å². The number of hydrogen-bond acceptors (Lipinski definition) is 9. The van der Waals surface area contributed by atoms with E-state index in [0.29, 0.717) is 58.0 Å². The van der Waals surface area contributed by atoms with Crippen LogP contribution in [0.2, 0.25) is 0 Å². The highest BCUT2D eigenvalue weighted by molar-refractivity contribution is 5.96. The molecule has 5 atom stereocenters. The zero-order chi connectivity index (χ0) is 40.8. The molecule has 2 aliphatic heterocycles. The number of nitrogens with zero attached hydrogens (tertiary/aromatic N) is 4. The van der Waals surface area contributed by atoms with Crippen LogP contribution in [0.3, 0.4) is 0 Å². The lowest BCUT2D eigenvalue weighted by atomic mass is 9.83. The largest absolute Gasteiger partial charge is 0.370 e. The number of guanidine groups is 1. The van der Waals surface area contributed by atoms with Gasteiger partial charge in [0.25, 0.3) is 0 Å². The van der Waals surface area contributed by atoms with Crippen molar-refractivity contribution in [1.82, 2.24) is 46.5 Å². The van der Waals surface area contributed by atoms with Gasteiger partial charge in [-0.3, -0.25) is 38.9 Å². The molecule has 1 saturated carbocycles. The molecule has 3 heterocycles. The Bertz CT molecular complexity index is 1540. The van der Waals surface area contributed by atoms with Crippen LogP contribution in [0.1, 0.15) is 123 Å². The number of primary amides is 1. The van der Waals surface area contributed by atoms with Gasteiger partial charge >= 0.3 is 0 Å². The third-order valence-corrected chi connectivity index (χ3v) is 11.1. The molecule has 18 nitrogen and oxygen atoms in total. The Hall–Kier alpha value is -4.77. The van der Waals surface area contributed by atoms with Crippen molar-refractivity contribution >= 4 is 41.4 Å². The summed E-state index contributed by atoms with van der Waals surface area (Å²) in [6, 6.07) is -4.87. The van der Waals surface area contributed by atoms with E-state index in [1.165, 1.54) is 0 Å². The zero-order valence-electron chi connectivity index (χ0n) is 33.4. The van der Waals surface area contributed by atoms with E-state index in [2.05, 4.69) is 36.9 Å². The van der Waals surface area contributed by atoms with Crippen LogP contribution in [0.25, 0.3) is 0 Å². The Morgan fingerprint density at radius 1 is 0.893 bits per heavy atom. The van der Waals surface area contributed by atoms with Crippen LogP contribution in [0.4, 0.5) is 0 Å². The summed E-state index contributed by atoms with van der Waals surface area (Å²) in [5, 5.41) is 30.2. The zero-order valence-corrected chi connectivity index (χ0v) is 33.4. The van der Waals surface area contributed by atoms with Gasteiger partial charge < -0.3 is 43.0 Å². The fourth-order valence-corrected chi connectivity index (χ4v) is 7.93. The van der Waals surface area contributed by atoms with Gasteiger partial charge in [-0.1, -0.05) is 51.7 Å². The molecule has 2 bridgehead atoms. The van der Waals surface area contributed by atoms with Crippen molar-refractivity contribution in [2.75, 3.05) is 13.1 Å². The van der Waals surface area contributed by atoms with Gasteiger partial charge in [-0.15, -0.1) is 5.10 Å². The molecule has 2 fully saturated rings. The molecule has 0 aromatic carbocycles. The Morgan fingerprint density at radius 3 is 2.29 bits per heavy atom. The highest BCUT2D eigenvalue weighted by Crippen LogP contribution is 2.28. The highest BCUT2D eigenvalue weighted by atomic mass is 16.2. The maximum Gasteiger partial charge on any atom is 0.243 e. The Balaban J connectivity index is 1.62. The fourth-order valence-electron chi connectivity index (χ4n) is 7.93. The SMILES string of the molecule is CC(C)(C)[C@H](NC(=O)[C@H](CCCNC(=N)N)NC(=O)[C@@H]1CCCn2cc(nn2)CCCCCC(=O)N2CCC[C@H]2C(=O)N[C@@H](C2CCCCC2)C(=O)N1)C(N)=O. The standard InChI is InChI=1S/C38H64N12O6/c1-38(2,3)31(32(39)52)46-34(54)26(16-10-20-42-37(40)41)43-33(53)27-17-11-21-49-23-25(47-48-49)15-8-5-9-19-29(51)50-22-12-18-28(50)35(55)45-30(36(56)44-27)24-13-6-4-7-14-24/h23-24,26-28,30-31H,4-22H2,1-3H3,(H2,39,52)(H,43,53)(H,44,56)(H,45,55)(H,46,54)(H4,40,41,42)/t26-,27-,28-,30-,31+/m0/s1. The number of nitrogens with one attached hydrogen (secondary N) is 6. The molecule has 312 valence electrons. The second-order valence-electron chi connectivity index (χ2n) is 16.6. The predicted octanol–water partition coefficient (Wildman–Crippen LogP) is 0.480. The third kappa shape index (κ3) is 13.2. The van der Waals surface area contributed by atoms with Crippen LogP contribution < -0.4 is 38.1 Å². The van der Waals surface area contributed by atoms with Crippen LogP contribution in [-0.2, 0) is 41.7 Å². The van der Waals surface area contributed by atoms with E-state index in [1.54, 1.807) is 30.4 Å². The van der Waals surface area contributed by atoms with Gasteiger partial charge in [0.05, 0.1) is 5.69 Å². The first-order valence-corrected chi connectivity index (χ1v) is 20.4. The van der Waals surface area contributed by atoms with E-state index < -0.39 is 59.3 Å². The first kappa shape index (κ1) is 44.0. The van der Waals surface area contributed by atoms with Gasteiger partial charge in [-0.25, -0.2) is 0 Å². The molecule has 0 unspecified atom stereocenters. The van der Waals surface area contributed by atoms with Crippen molar-refractivity contribution in [3.8, 4) is 0 Å². The minimum absolute atomic E-state index is 0.0706. The lowest BCUT2D eigenvalue weighted by molar-refractivity contribution is -0.140. The van der Waals surface area contributed by atoms with E-state index in [9.17, 15) is 28.8 Å². The molecule has 10 N–H and O–H groups in total. The summed E-state index contributed by atoms with van der Waals surface area (Å²) < 4.78 is 1.70. The Morgan fingerprint density at radius 2 is 1.59 bits per heavy atom. The minimum atomic E-state index is -1.13. The van der Waals surface area contributed by atoms with Crippen LogP contribution in [0.15, 0.2) is 6.20 Å². The van der Waals surface area contributed by atoms with Crippen LogP contribution in [0, 0.1) is 16.7 Å². The summed E-state index contributed by atoms with van der Waals surface area (Å²) in [4.78, 5) is 83.5. The van der Waals surface area contributed by atoms with E-state index in [0.717, 1.165) is 50.6 Å². The summed E-state index contributed by atoms with van der Waals surface area (Å²) in [6.07, 6.45) is 11.8. The molecule has 56 heavy (non-hydrogen) atoms. The maximum atomic E-state index is 14.3. The molecular formula is C38H64N12O6. The number of rotatable bonds is 10. The van der Waals surface area contributed by atoms with Gasteiger partial charge in [0, 0.05) is 32.3 Å². The van der Waals surface area contributed by atoms with Crippen molar-refractivity contribution in [2.45, 2.75) is 160 Å². The number of fused-ring (bicyclic) bond motifs is 3. The average Bonchev–Trinajstić information content (AvgIpc) is 3.83. The van der Waals surface area contributed by atoms with Crippen molar-refractivity contribution in [2.24, 2.45) is 22.8 Å². The number of carbonyl (C=O) groups is 6.